The molecule has 2 aromatic carbocycles. The van der Waals surface area contributed by atoms with Crippen LogP contribution in [0.25, 0.3) is 0 Å². The topological polar surface area (TPSA) is 29.5 Å². The number of hydrogen-bond acceptors (Lipinski definition) is 2. The van der Waals surface area contributed by atoms with Gasteiger partial charge in [0.25, 0.3) is 5.91 Å². The maximum atomic E-state index is 13.2. The van der Waals surface area contributed by atoms with Crippen molar-refractivity contribution in [1.29, 1.82) is 0 Å². The molecule has 0 spiro atoms. The highest BCUT2D eigenvalue weighted by Gasteiger charge is 2.14. The molecule has 0 unspecified atom stereocenters. The molecule has 0 N–H and O–H groups in total. The van der Waals surface area contributed by atoms with Crippen LogP contribution in [0.2, 0.25) is 10.0 Å². The van der Waals surface area contributed by atoms with E-state index in [1.807, 2.05) is 6.92 Å². The molecule has 0 heterocycles. The SMILES string of the molecule is CCN(Cc1cccc(F)c1)C(=O)COc1cccc(Cl)c1Cl. The first-order valence-corrected chi connectivity index (χ1v) is 7.86. The molecule has 0 atom stereocenters. The van der Waals surface area contributed by atoms with Gasteiger partial charge in [-0.1, -0.05) is 41.4 Å². The molecular weight excluding hydrogens is 340 g/mol. The molecule has 1 amide bonds. The Morgan fingerprint density at radius 3 is 2.65 bits per heavy atom. The van der Waals surface area contributed by atoms with Crippen molar-refractivity contribution in [3.63, 3.8) is 0 Å². The van der Waals surface area contributed by atoms with Gasteiger partial charge >= 0.3 is 0 Å². The van der Waals surface area contributed by atoms with Crippen molar-refractivity contribution in [2.45, 2.75) is 13.5 Å². The molecule has 0 aromatic heterocycles. The van der Waals surface area contributed by atoms with Crippen LogP contribution in [0.3, 0.4) is 0 Å². The first kappa shape index (κ1) is 17.6. The maximum Gasteiger partial charge on any atom is 0.260 e. The number of carbonyl (C=O) groups excluding carboxylic acids is 1. The third-order valence-electron chi connectivity index (χ3n) is 3.26. The van der Waals surface area contributed by atoms with Crippen molar-refractivity contribution in [3.05, 3.63) is 63.9 Å². The number of amides is 1. The van der Waals surface area contributed by atoms with Crippen LogP contribution in [-0.2, 0) is 11.3 Å². The Balaban J connectivity index is 1.98. The van der Waals surface area contributed by atoms with E-state index in [4.69, 9.17) is 27.9 Å². The number of hydrogen-bond donors (Lipinski definition) is 0. The summed E-state index contributed by atoms with van der Waals surface area (Å²) >= 11 is 11.9. The number of likely N-dealkylation sites (N-methyl/N-ethyl adjacent to an activating group) is 1. The van der Waals surface area contributed by atoms with Gasteiger partial charge in [-0.3, -0.25) is 4.79 Å². The molecule has 122 valence electrons. The van der Waals surface area contributed by atoms with Gasteiger partial charge in [0.05, 0.1) is 5.02 Å². The van der Waals surface area contributed by atoms with E-state index in [1.165, 1.54) is 12.1 Å². The standard InChI is InChI=1S/C17H16Cl2FNO2/c1-2-21(10-12-5-3-6-13(20)9-12)16(22)11-23-15-8-4-7-14(18)17(15)19/h3-9H,2,10-11H2,1H3. The summed E-state index contributed by atoms with van der Waals surface area (Å²) in [6.45, 7) is 2.49. The van der Waals surface area contributed by atoms with Crippen molar-refractivity contribution in [2.75, 3.05) is 13.2 Å². The van der Waals surface area contributed by atoms with E-state index < -0.39 is 0 Å². The number of rotatable bonds is 6. The zero-order chi connectivity index (χ0) is 16.8. The van der Waals surface area contributed by atoms with Crippen molar-refractivity contribution in [1.82, 2.24) is 4.90 Å². The molecule has 23 heavy (non-hydrogen) atoms. The van der Waals surface area contributed by atoms with Crippen LogP contribution in [0.15, 0.2) is 42.5 Å². The van der Waals surface area contributed by atoms with Crippen LogP contribution in [0.4, 0.5) is 4.39 Å². The molecule has 0 fully saturated rings. The third kappa shape index (κ3) is 4.85. The van der Waals surface area contributed by atoms with E-state index in [2.05, 4.69) is 0 Å². The molecule has 0 saturated carbocycles. The van der Waals surface area contributed by atoms with Gasteiger partial charge in [-0.15, -0.1) is 0 Å². The lowest BCUT2D eigenvalue weighted by atomic mass is 10.2. The summed E-state index contributed by atoms with van der Waals surface area (Å²) < 4.78 is 18.7. The summed E-state index contributed by atoms with van der Waals surface area (Å²) in [7, 11) is 0. The van der Waals surface area contributed by atoms with E-state index in [0.29, 0.717) is 23.9 Å². The Morgan fingerprint density at radius 2 is 1.96 bits per heavy atom. The smallest absolute Gasteiger partial charge is 0.260 e. The summed E-state index contributed by atoms with van der Waals surface area (Å²) in [5, 5.41) is 0.638. The summed E-state index contributed by atoms with van der Waals surface area (Å²) in [6, 6.07) is 11.1. The highest BCUT2D eigenvalue weighted by Crippen LogP contribution is 2.31. The van der Waals surface area contributed by atoms with Gasteiger partial charge in [-0.05, 0) is 36.8 Å². The zero-order valence-electron chi connectivity index (χ0n) is 12.6. The molecular formula is C17H16Cl2FNO2. The van der Waals surface area contributed by atoms with Crippen molar-refractivity contribution in [3.8, 4) is 5.75 Å². The van der Waals surface area contributed by atoms with Crippen LogP contribution in [0.5, 0.6) is 5.75 Å². The number of ether oxygens (including phenoxy) is 1. The van der Waals surface area contributed by atoms with Gasteiger partial charge < -0.3 is 9.64 Å². The van der Waals surface area contributed by atoms with Gasteiger partial charge in [0.15, 0.2) is 6.61 Å². The Morgan fingerprint density at radius 1 is 1.22 bits per heavy atom. The van der Waals surface area contributed by atoms with E-state index in [1.54, 1.807) is 35.2 Å². The first-order valence-electron chi connectivity index (χ1n) is 7.10. The molecule has 2 aromatic rings. The monoisotopic (exact) mass is 355 g/mol. The minimum absolute atomic E-state index is 0.163. The van der Waals surface area contributed by atoms with Gasteiger partial charge in [-0.25, -0.2) is 4.39 Å². The molecule has 0 aliphatic carbocycles. The fraction of sp³-hybridized carbons (Fsp3) is 0.235. The van der Waals surface area contributed by atoms with Crippen molar-refractivity contribution >= 4 is 29.1 Å². The number of carbonyl (C=O) groups is 1. The molecule has 0 aliphatic rings. The van der Waals surface area contributed by atoms with E-state index in [0.717, 1.165) is 5.56 Å². The highest BCUT2D eigenvalue weighted by molar-refractivity contribution is 6.42. The lowest BCUT2D eigenvalue weighted by Gasteiger charge is -2.21. The maximum absolute atomic E-state index is 13.2. The number of halogens is 3. The largest absolute Gasteiger partial charge is 0.482 e. The minimum Gasteiger partial charge on any atom is -0.482 e. The second kappa shape index (κ2) is 8.18. The van der Waals surface area contributed by atoms with Crippen LogP contribution in [0.1, 0.15) is 12.5 Å². The Bertz CT molecular complexity index is 694. The van der Waals surface area contributed by atoms with E-state index in [9.17, 15) is 9.18 Å². The van der Waals surface area contributed by atoms with E-state index >= 15 is 0 Å². The summed E-state index contributed by atoms with van der Waals surface area (Å²) in [6.07, 6.45) is 0. The average molecular weight is 356 g/mol. The summed E-state index contributed by atoms with van der Waals surface area (Å²) in [4.78, 5) is 13.8. The van der Waals surface area contributed by atoms with Gasteiger partial charge in [0, 0.05) is 13.1 Å². The summed E-state index contributed by atoms with van der Waals surface area (Å²) in [5.41, 5.74) is 0.723. The average Bonchev–Trinajstić information content (AvgIpc) is 2.53. The lowest BCUT2D eigenvalue weighted by Crippen LogP contribution is -2.34. The number of nitrogens with zero attached hydrogens (tertiary/aromatic N) is 1. The van der Waals surface area contributed by atoms with Crippen molar-refractivity contribution in [2.24, 2.45) is 0 Å². The van der Waals surface area contributed by atoms with Gasteiger partial charge in [-0.2, -0.15) is 0 Å². The Kier molecular flexibility index (Phi) is 6.25. The Labute approximate surface area is 144 Å². The molecule has 6 heteroatoms. The fourth-order valence-electron chi connectivity index (χ4n) is 2.06. The normalized spacial score (nSPS) is 10.4. The quantitative estimate of drug-likeness (QED) is 0.759. The van der Waals surface area contributed by atoms with Crippen molar-refractivity contribution < 1.29 is 13.9 Å². The molecule has 3 nitrogen and oxygen atoms in total. The van der Waals surface area contributed by atoms with Gasteiger partial charge in [0.1, 0.15) is 16.6 Å². The second-order valence-electron chi connectivity index (χ2n) is 4.88. The molecule has 2 rings (SSSR count). The molecule has 0 bridgehead atoms. The molecule has 0 radical (unpaired) electrons. The minimum atomic E-state index is -0.326. The van der Waals surface area contributed by atoms with Gasteiger partial charge in [0.2, 0.25) is 0 Å². The van der Waals surface area contributed by atoms with Crippen LogP contribution >= 0.6 is 23.2 Å². The van der Waals surface area contributed by atoms with Crippen LogP contribution in [-0.4, -0.2) is 24.0 Å². The second-order valence-corrected chi connectivity index (χ2v) is 5.66. The first-order chi connectivity index (χ1) is 11.0. The Hall–Kier alpha value is -1.78. The fourth-order valence-corrected chi connectivity index (χ4v) is 2.40. The summed E-state index contributed by atoms with van der Waals surface area (Å²) in [5.74, 6) is -0.185. The third-order valence-corrected chi connectivity index (χ3v) is 4.07. The van der Waals surface area contributed by atoms with E-state index in [-0.39, 0.29) is 23.4 Å². The zero-order valence-corrected chi connectivity index (χ0v) is 14.1. The lowest BCUT2D eigenvalue weighted by molar-refractivity contribution is -0.133. The van der Waals surface area contributed by atoms with Crippen LogP contribution < -0.4 is 4.74 Å². The molecule has 0 aliphatic heterocycles. The van der Waals surface area contributed by atoms with Crippen LogP contribution in [0, 0.1) is 5.82 Å². The predicted molar refractivity (Wildman–Crippen MR) is 89.4 cm³/mol. The molecule has 0 saturated heterocycles. The predicted octanol–water partition coefficient (Wildman–Crippen LogP) is 4.56. The number of benzene rings is 2. The highest BCUT2D eigenvalue weighted by atomic mass is 35.5.